The third-order valence-electron chi connectivity index (χ3n) is 3.77. The van der Waals surface area contributed by atoms with Gasteiger partial charge in [0.25, 0.3) is 0 Å². The molecule has 1 aliphatic heterocycles. The van der Waals surface area contributed by atoms with Crippen LogP contribution in [-0.2, 0) is 9.59 Å². The maximum Gasteiger partial charge on any atom is 0.234 e. The van der Waals surface area contributed by atoms with Crippen LogP contribution in [-0.4, -0.2) is 11.8 Å². The van der Waals surface area contributed by atoms with Gasteiger partial charge in [0.05, 0.1) is 5.69 Å². The van der Waals surface area contributed by atoms with E-state index >= 15 is 0 Å². The molecule has 3 nitrogen and oxygen atoms in total. The third kappa shape index (κ3) is 2.62. The van der Waals surface area contributed by atoms with Crippen molar-refractivity contribution >= 4 is 17.5 Å². The van der Waals surface area contributed by atoms with E-state index in [0.717, 1.165) is 22.6 Å². The maximum atomic E-state index is 13.3. The van der Waals surface area contributed by atoms with Crippen LogP contribution in [0.3, 0.4) is 0 Å². The van der Waals surface area contributed by atoms with Crippen molar-refractivity contribution in [2.45, 2.75) is 18.8 Å². The zero-order chi connectivity index (χ0) is 15.7. The van der Waals surface area contributed by atoms with Gasteiger partial charge in [-0.15, -0.1) is 0 Å². The molecule has 22 heavy (non-hydrogen) atoms. The van der Waals surface area contributed by atoms with E-state index < -0.39 is 23.4 Å². The van der Waals surface area contributed by atoms with Crippen molar-refractivity contribution in [1.29, 1.82) is 0 Å². The molecule has 1 aliphatic rings. The summed E-state index contributed by atoms with van der Waals surface area (Å²) < 4.78 is 26.3. The van der Waals surface area contributed by atoms with Gasteiger partial charge in [-0.3, -0.25) is 14.5 Å². The molecule has 0 bridgehead atoms. The number of nitrogens with zero attached hydrogens (tertiary/aromatic N) is 1. The molecule has 2 aromatic rings. The summed E-state index contributed by atoms with van der Waals surface area (Å²) in [6, 6.07) is 12.3. The highest BCUT2D eigenvalue weighted by Crippen LogP contribution is 2.32. The first-order valence-corrected chi connectivity index (χ1v) is 6.92. The molecule has 0 radical (unpaired) electrons. The topological polar surface area (TPSA) is 37.4 Å². The van der Waals surface area contributed by atoms with E-state index in [2.05, 4.69) is 0 Å². The van der Waals surface area contributed by atoms with E-state index in [1.807, 2.05) is 30.3 Å². The zero-order valence-corrected chi connectivity index (χ0v) is 11.6. The quantitative estimate of drug-likeness (QED) is 0.797. The van der Waals surface area contributed by atoms with Crippen LogP contribution in [0.15, 0.2) is 48.5 Å². The van der Waals surface area contributed by atoms with E-state index in [4.69, 9.17) is 0 Å². The minimum Gasteiger partial charge on any atom is -0.274 e. The van der Waals surface area contributed by atoms with E-state index in [-0.39, 0.29) is 24.4 Å². The number of hydrogen-bond donors (Lipinski definition) is 0. The predicted molar refractivity (Wildman–Crippen MR) is 77.3 cm³/mol. The number of hydrogen-bond acceptors (Lipinski definition) is 2. The van der Waals surface area contributed by atoms with Gasteiger partial charge in [0.1, 0.15) is 0 Å². The summed E-state index contributed by atoms with van der Waals surface area (Å²) in [7, 11) is 0. The van der Waals surface area contributed by atoms with Crippen molar-refractivity contribution < 1.29 is 18.4 Å². The largest absolute Gasteiger partial charge is 0.274 e. The highest BCUT2D eigenvalue weighted by Gasteiger charge is 2.34. The lowest BCUT2D eigenvalue weighted by molar-refractivity contribution is -0.129. The van der Waals surface area contributed by atoms with Crippen molar-refractivity contribution in [3.05, 3.63) is 65.7 Å². The lowest BCUT2D eigenvalue weighted by atomic mass is 9.88. The molecule has 0 saturated carbocycles. The van der Waals surface area contributed by atoms with Crippen molar-refractivity contribution in [2.75, 3.05) is 4.90 Å². The Kier molecular flexibility index (Phi) is 3.71. The number of carbonyl (C=O) groups is 2. The Bertz CT molecular complexity index is 713. The molecule has 1 fully saturated rings. The first-order chi connectivity index (χ1) is 10.6. The van der Waals surface area contributed by atoms with Crippen LogP contribution in [0.4, 0.5) is 14.5 Å². The molecule has 2 amide bonds. The van der Waals surface area contributed by atoms with Gasteiger partial charge < -0.3 is 0 Å². The van der Waals surface area contributed by atoms with Gasteiger partial charge in [0.2, 0.25) is 11.8 Å². The Morgan fingerprint density at radius 3 is 2.09 bits per heavy atom. The second-order valence-corrected chi connectivity index (χ2v) is 5.24. The average Bonchev–Trinajstić information content (AvgIpc) is 2.51. The van der Waals surface area contributed by atoms with Crippen molar-refractivity contribution in [1.82, 2.24) is 0 Å². The summed E-state index contributed by atoms with van der Waals surface area (Å²) in [6.07, 6.45) is 0.323. The van der Waals surface area contributed by atoms with Gasteiger partial charge in [-0.1, -0.05) is 30.3 Å². The lowest BCUT2D eigenvalue weighted by Crippen LogP contribution is -2.42. The summed E-state index contributed by atoms with van der Waals surface area (Å²) in [4.78, 5) is 25.5. The van der Waals surface area contributed by atoms with Crippen LogP contribution in [0.2, 0.25) is 0 Å². The Balaban J connectivity index is 1.86. The smallest absolute Gasteiger partial charge is 0.234 e. The average molecular weight is 301 g/mol. The second kappa shape index (κ2) is 5.67. The van der Waals surface area contributed by atoms with Gasteiger partial charge >= 0.3 is 0 Å². The lowest BCUT2D eigenvalue weighted by Gasteiger charge is -2.30. The Hall–Kier alpha value is -2.56. The molecule has 1 saturated heterocycles. The van der Waals surface area contributed by atoms with E-state index in [1.165, 1.54) is 6.07 Å². The van der Waals surface area contributed by atoms with E-state index in [1.54, 1.807) is 0 Å². The molecule has 2 aromatic carbocycles. The Morgan fingerprint density at radius 2 is 1.50 bits per heavy atom. The number of benzene rings is 2. The fourth-order valence-corrected chi connectivity index (χ4v) is 2.69. The first-order valence-electron chi connectivity index (χ1n) is 6.92. The van der Waals surface area contributed by atoms with Crippen LogP contribution >= 0.6 is 0 Å². The zero-order valence-electron chi connectivity index (χ0n) is 11.6. The minimum absolute atomic E-state index is 0.0698. The molecule has 0 unspecified atom stereocenters. The van der Waals surface area contributed by atoms with Crippen molar-refractivity contribution in [3.63, 3.8) is 0 Å². The normalized spacial score (nSPS) is 16.2. The maximum absolute atomic E-state index is 13.3. The van der Waals surface area contributed by atoms with Gasteiger partial charge in [-0.2, -0.15) is 0 Å². The summed E-state index contributed by atoms with van der Waals surface area (Å²) in [6.45, 7) is 0. The number of carbonyl (C=O) groups excluding carboxylic acids is 2. The first kappa shape index (κ1) is 14.4. The molecular weight excluding hydrogens is 288 g/mol. The summed E-state index contributed by atoms with van der Waals surface area (Å²) in [5.41, 5.74) is 0.995. The van der Waals surface area contributed by atoms with Gasteiger partial charge in [0.15, 0.2) is 11.6 Å². The summed E-state index contributed by atoms with van der Waals surface area (Å²) >= 11 is 0. The van der Waals surface area contributed by atoms with Crippen LogP contribution in [0.1, 0.15) is 24.3 Å². The molecule has 0 spiro atoms. The third-order valence-corrected chi connectivity index (χ3v) is 3.77. The van der Waals surface area contributed by atoms with E-state index in [0.29, 0.717) is 0 Å². The van der Waals surface area contributed by atoms with Crippen molar-refractivity contribution in [2.24, 2.45) is 0 Å². The van der Waals surface area contributed by atoms with Crippen LogP contribution in [0, 0.1) is 11.6 Å². The van der Waals surface area contributed by atoms with Crippen LogP contribution in [0.5, 0.6) is 0 Å². The number of amides is 2. The fourth-order valence-electron chi connectivity index (χ4n) is 2.69. The molecule has 1 heterocycles. The minimum atomic E-state index is -1.08. The highest BCUT2D eigenvalue weighted by molar-refractivity contribution is 6.17. The van der Waals surface area contributed by atoms with Crippen LogP contribution < -0.4 is 4.90 Å². The number of halogens is 2. The van der Waals surface area contributed by atoms with Crippen LogP contribution in [0.25, 0.3) is 0 Å². The van der Waals surface area contributed by atoms with Crippen molar-refractivity contribution in [3.8, 4) is 0 Å². The van der Waals surface area contributed by atoms with Gasteiger partial charge in [-0.25, -0.2) is 8.78 Å². The Labute approximate surface area is 126 Å². The summed E-state index contributed by atoms with van der Waals surface area (Å²) in [5, 5.41) is 0. The molecular formula is C17H13F2NO2. The number of anilines is 1. The highest BCUT2D eigenvalue weighted by atomic mass is 19.2. The molecule has 3 rings (SSSR count). The SMILES string of the molecule is O=C1CC(c2ccccc2)CC(=O)N1c1ccc(F)c(F)c1. The predicted octanol–water partition coefficient (Wildman–Crippen LogP) is 3.40. The monoisotopic (exact) mass is 301 g/mol. The Morgan fingerprint density at radius 1 is 0.864 bits per heavy atom. The number of rotatable bonds is 2. The number of imide groups is 1. The summed E-state index contributed by atoms with van der Waals surface area (Å²) in [5.74, 6) is -3.08. The molecule has 0 atom stereocenters. The van der Waals surface area contributed by atoms with Gasteiger partial charge in [0, 0.05) is 24.8 Å². The molecule has 0 aromatic heterocycles. The van der Waals surface area contributed by atoms with E-state index in [9.17, 15) is 18.4 Å². The molecule has 112 valence electrons. The fraction of sp³-hybridized carbons (Fsp3) is 0.176. The number of piperidine rings is 1. The second-order valence-electron chi connectivity index (χ2n) is 5.24. The van der Waals surface area contributed by atoms with Gasteiger partial charge in [-0.05, 0) is 17.7 Å². The standard InChI is InChI=1S/C17H13F2NO2/c18-14-7-6-13(10-15(14)19)20-16(21)8-12(9-17(20)22)11-4-2-1-3-5-11/h1-7,10,12H,8-9H2. The molecule has 0 aliphatic carbocycles. The molecule has 0 N–H and O–H groups in total. The molecule has 5 heteroatoms.